The van der Waals surface area contributed by atoms with Crippen molar-refractivity contribution in [2.24, 2.45) is 40.4 Å². The van der Waals surface area contributed by atoms with E-state index >= 15 is 0 Å². The topological polar surface area (TPSA) is 46.5 Å². The summed E-state index contributed by atoms with van der Waals surface area (Å²) in [5.41, 5.74) is -0.0297. The van der Waals surface area contributed by atoms with Crippen molar-refractivity contribution < 1.29 is 14.6 Å². The Bertz CT molecular complexity index is 594. The van der Waals surface area contributed by atoms with E-state index in [1.165, 1.54) is 32.1 Å². The Morgan fingerprint density at radius 2 is 1.78 bits per heavy atom. The van der Waals surface area contributed by atoms with E-state index in [1.807, 2.05) is 0 Å². The maximum absolute atomic E-state index is 12.6. The van der Waals surface area contributed by atoms with E-state index in [1.54, 1.807) is 7.11 Å². The Balaban J connectivity index is 1.55. The first-order chi connectivity index (χ1) is 12.8. The Morgan fingerprint density at radius 1 is 1.04 bits per heavy atom. The molecule has 0 amide bonds. The van der Waals surface area contributed by atoms with Crippen molar-refractivity contribution in [3.05, 3.63) is 0 Å². The number of ketones is 1. The summed E-state index contributed by atoms with van der Waals surface area (Å²) in [4.78, 5) is 12.6. The summed E-state index contributed by atoms with van der Waals surface area (Å²) in [7, 11) is 1.70. The number of halogens is 1. The van der Waals surface area contributed by atoms with E-state index in [0.29, 0.717) is 29.1 Å². The minimum Gasteiger partial charge on any atom is -0.387 e. The van der Waals surface area contributed by atoms with E-state index < -0.39 is 5.60 Å². The molecule has 0 aromatic heterocycles. The van der Waals surface area contributed by atoms with E-state index in [-0.39, 0.29) is 11.3 Å². The molecular weight excluding hydrogens is 404 g/mol. The number of alkyl halides is 1. The smallest absolute Gasteiger partial charge is 0.147 e. The summed E-state index contributed by atoms with van der Waals surface area (Å²) >= 11 is 3.43. The third-order valence-electron chi connectivity index (χ3n) is 9.75. The summed E-state index contributed by atoms with van der Waals surface area (Å²) in [5.74, 6) is 3.61. The predicted molar refractivity (Wildman–Crippen MR) is 111 cm³/mol. The summed E-state index contributed by atoms with van der Waals surface area (Å²) in [6, 6.07) is 0. The van der Waals surface area contributed by atoms with Gasteiger partial charge in [-0.15, -0.1) is 0 Å². The normalized spacial score (nSPS) is 52.0. The largest absolute Gasteiger partial charge is 0.387 e. The van der Waals surface area contributed by atoms with Gasteiger partial charge in [0, 0.05) is 13.0 Å². The highest BCUT2D eigenvalue weighted by Gasteiger charge is 2.61. The number of aliphatic hydroxyl groups is 1. The molecular formula is C23H37BrO3. The quantitative estimate of drug-likeness (QED) is 0.626. The van der Waals surface area contributed by atoms with Gasteiger partial charge in [-0.25, -0.2) is 0 Å². The van der Waals surface area contributed by atoms with Gasteiger partial charge in [0.05, 0.1) is 17.5 Å². The van der Waals surface area contributed by atoms with Crippen molar-refractivity contribution in [3.8, 4) is 0 Å². The zero-order chi connectivity index (χ0) is 19.4. The van der Waals surface area contributed by atoms with Crippen molar-refractivity contribution in [2.75, 3.05) is 19.0 Å². The highest BCUT2D eigenvalue weighted by Crippen LogP contribution is 2.68. The lowest BCUT2D eigenvalue weighted by atomic mass is 9.44. The van der Waals surface area contributed by atoms with E-state index in [0.717, 1.165) is 43.4 Å². The molecule has 0 spiro atoms. The highest BCUT2D eigenvalue weighted by atomic mass is 79.9. The Morgan fingerprint density at radius 3 is 2.48 bits per heavy atom. The molecule has 4 fully saturated rings. The van der Waals surface area contributed by atoms with Crippen LogP contribution in [0.2, 0.25) is 0 Å². The second-order valence-electron chi connectivity index (χ2n) is 10.8. The average Bonchev–Trinajstić information content (AvgIpc) is 2.99. The first-order valence-corrected chi connectivity index (χ1v) is 12.2. The van der Waals surface area contributed by atoms with Gasteiger partial charge in [-0.3, -0.25) is 4.79 Å². The summed E-state index contributed by atoms with van der Waals surface area (Å²) < 4.78 is 5.33. The zero-order valence-corrected chi connectivity index (χ0v) is 18.9. The van der Waals surface area contributed by atoms with Crippen molar-refractivity contribution in [2.45, 2.75) is 77.2 Å². The van der Waals surface area contributed by atoms with Gasteiger partial charge in [0.1, 0.15) is 5.78 Å². The van der Waals surface area contributed by atoms with Crippen LogP contribution in [0.5, 0.6) is 0 Å². The van der Waals surface area contributed by atoms with Gasteiger partial charge in [-0.1, -0.05) is 29.8 Å². The summed E-state index contributed by atoms with van der Waals surface area (Å²) in [6.45, 7) is 5.43. The van der Waals surface area contributed by atoms with Crippen LogP contribution < -0.4 is 0 Å². The van der Waals surface area contributed by atoms with Crippen LogP contribution in [-0.4, -0.2) is 35.5 Å². The van der Waals surface area contributed by atoms with Crippen molar-refractivity contribution >= 4 is 21.7 Å². The second-order valence-corrected chi connectivity index (χ2v) is 11.4. The van der Waals surface area contributed by atoms with E-state index in [2.05, 4.69) is 29.8 Å². The number of ether oxygens (including phenoxy) is 1. The van der Waals surface area contributed by atoms with Gasteiger partial charge >= 0.3 is 0 Å². The van der Waals surface area contributed by atoms with Crippen LogP contribution >= 0.6 is 15.9 Å². The fourth-order valence-corrected chi connectivity index (χ4v) is 8.74. The van der Waals surface area contributed by atoms with Gasteiger partial charge in [0.2, 0.25) is 0 Å². The van der Waals surface area contributed by atoms with Crippen LogP contribution in [0, 0.1) is 40.4 Å². The maximum Gasteiger partial charge on any atom is 0.147 e. The Hall–Kier alpha value is 0.0700. The number of hydrogen-bond donors (Lipinski definition) is 1. The van der Waals surface area contributed by atoms with E-state index in [9.17, 15) is 9.90 Å². The highest BCUT2D eigenvalue weighted by molar-refractivity contribution is 9.09. The molecule has 1 unspecified atom stereocenters. The first kappa shape index (κ1) is 20.3. The lowest BCUT2D eigenvalue weighted by Gasteiger charge is -2.62. The zero-order valence-electron chi connectivity index (χ0n) is 17.3. The lowest BCUT2D eigenvalue weighted by Crippen LogP contribution is -2.56. The third kappa shape index (κ3) is 3.08. The molecule has 27 heavy (non-hydrogen) atoms. The number of carbonyl (C=O) groups is 1. The Kier molecular flexibility index (Phi) is 5.34. The van der Waals surface area contributed by atoms with Crippen LogP contribution in [-0.2, 0) is 9.53 Å². The average molecular weight is 441 g/mol. The molecule has 4 saturated carbocycles. The van der Waals surface area contributed by atoms with Gasteiger partial charge in [-0.2, -0.15) is 0 Å². The summed E-state index contributed by atoms with van der Waals surface area (Å²) in [5, 5.41) is 11.5. The van der Waals surface area contributed by atoms with Crippen molar-refractivity contribution in [1.29, 1.82) is 0 Å². The number of carbonyl (C=O) groups excluding carboxylic acids is 1. The minimum atomic E-state index is -0.615. The van der Waals surface area contributed by atoms with Crippen molar-refractivity contribution in [3.63, 3.8) is 0 Å². The lowest BCUT2D eigenvalue weighted by molar-refractivity contribution is -0.163. The molecule has 154 valence electrons. The third-order valence-corrected chi connectivity index (χ3v) is 10.3. The number of hydrogen-bond acceptors (Lipinski definition) is 3. The number of rotatable bonds is 4. The SMILES string of the molecule is COC[C@@]1(O)CCC2(C)[C@@H](CC[C@@H]3[C@@H]2CC[C@]2(C)[C@@H](C(=O)CBr)CC[C@@H]32)C1. The number of fused-ring (bicyclic) bond motifs is 5. The molecule has 4 heteroatoms. The molecule has 0 radical (unpaired) electrons. The van der Waals surface area contributed by atoms with Gasteiger partial charge < -0.3 is 9.84 Å². The molecule has 4 aliphatic rings. The number of methoxy groups -OCH3 is 1. The van der Waals surface area contributed by atoms with Crippen LogP contribution in [0.1, 0.15) is 71.6 Å². The molecule has 1 N–H and O–H groups in total. The van der Waals surface area contributed by atoms with Gasteiger partial charge in [-0.05, 0) is 92.3 Å². The van der Waals surface area contributed by atoms with Crippen molar-refractivity contribution in [1.82, 2.24) is 0 Å². The monoisotopic (exact) mass is 440 g/mol. The minimum absolute atomic E-state index is 0.223. The molecule has 3 nitrogen and oxygen atoms in total. The molecule has 0 saturated heterocycles. The maximum atomic E-state index is 12.6. The number of Topliss-reactive ketones (excluding diaryl/α,β-unsaturated/α-hetero) is 1. The standard InChI is InChI=1S/C23H37BrO3/c1-21-10-11-23(26,14-27-3)12-15(21)4-5-16-17-6-7-19(20(25)13-24)22(17,2)9-8-18(16)21/h15-19,26H,4-14H2,1-3H3/t15-,16-,17-,18-,19+,21?,22-,23+/m0/s1. The molecule has 0 heterocycles. The molecule has 4 rings (SSSR count). The molecule has 4 aliphatic carbocycles. The molecule has 0 bridgehead atoms. The Labute approximate surface area is 173 Å². The van der Waals surface area contributed by atoms with Crippen LogP contribution in [0.25, 0.3) is 0 Å². The molecule has 0 aromatic carbocycles. The van der Waals surface area contributed by atoms with E-state index in [4.69, 9.17) is 4.74 Å². The fraction of sp³-hybridized carbons (Fsp3) is 0.957. The van der Waals surface area contributed by atoms with Crippen LogP contribution in [0.15, 0.2) is 0 Å². The van der Waals surface area contributed by atoms with Crippen LogP contribution in [0.3, 0.4) is 0 Å². The second kappa shape index (κ2) is 7.09. The first-order valence-electron chi connectivity index (χ1n) is 11.1. The summed E-state index contributed by atoms with van der Waals surface area (Å²) in [6.07, 6.45) is 10.3. The molecule has 8 atom stereocenters. The fourth-order valence-electron chi connectivity index (χ4n) is 8.34. The van der Waals surface area contributed by atoms with Crippen LogP contribution in [0.4, 0.5) is 0 Å². The van der Waals surface area contributed by atoms with Gasteiger partial charge in [0.15, 0.2) is 0 Å². The predicted octanol–water partition coefficient (Wildman–Crippen LogP) is 4.99. The molecule has 0 aromatic rings. The van der Waals surface area contributed by atoms with Gasteiger partial charge in [0.25, 0.3) is 0 Å². The molecule has 0 aliphatic heterocycles.